The Morgan fingerprint density at radius 3 is 2.40 bits per heavy atom. The first-order valence-corrected chi connectivity index (χ1v) is 7.60. The lowest BCUT2D eigenvalue weighted by molar-refractivity contribution is -0.123. The zero-order valence-electron chi connectivity index (χ0n) is 13.4. The van der Waals surface area contributed by atoms with Crippen molar-refractivity contribution in [2.45, 2.75) is 65.6 Å². The highest BCUT2D eigenvalue weighted by molar-refractivity contribution is 5.81. The van der Waals surface area contributed by atoms with E-state index in [0.29, 0.717) is 0 Å². The molecule has 0 fully saturated rings. The molecular formula is C17H28N2O. The lowest BCUT2D eigenvalue weighted by Gasteiger charge is -2.23. The van der Waals surface area contributed by atoms with Crippen molar-refractivity contribution in [3.63, 3.8) is 0 Å². The number of benzene rings is 1. The fourth-order valence-corrected chi connectivity index (χ4v) is 2.31. The van der Waals surface area contributed by atoms with Crippen molar-refractivity contribution in [3.8, 4) is 0 Å². The molecule has 3 nitrogen and oxygen atoms in total. The Hall–Kier alpha value is -1.35. The predicted octanol–water partition coefficient (Wildman–Crippen LogP) is 3.34. The van der Waals surface area contributed by atoms with Crippen LogP contribution in [0.4, 0.5) is 0 Å². The highest BCUT2D eigenvalue weighted by atomic mass is 16.2. The van der Waals surface area contributed by atoms with Crippen LogP contribution < -0.4 is 10.6 Å². The first-order valence-electron chi connectivity index (χ1n) is 7.60. The summed E-state index contributed by atoms with van der Waals surface area (Å²) in [5.41, 5.74) is 2.46. The van der Waals surface area contributed by atoms with Gasteiger partial charge in [0.05, 0.1) is 6.04 Å². The van der Waals surface area contributed by atoms with Gasteiger partial charge in [0, 0.05) is 12.1 Å². The lowest BCUT2D eigenvalue weighted by Crippen LogP contribution is -2.46. The summed E-state index contributed by atoms with van der Waals surface area (Å²) in [4.78, 5) is 12.1. The van der Waals surface area contributed by atoms with E-state index in [1.54, 1.807) is 0 Å². The van der Waals surface area contributed by atoms with Crippen molar-refractivity contribution in [2.24, 2.45) is 0 Å². The number of carbonyl (C=O) groups excluding carboxylic acids is 1. The predicted molar refractivity (Wildman–Crippen MR) is 84.7 cm³/mol. The number of hydrogen-bond acceptors (Lipinski definition) is 2. The van der Waals surface area contributed by atoms with Crippen LogP contribution in [0.15, 0.2) is 24.3 Å². The van der Waals surface area contributed by atoms with Gasteiger partial charge in [-0.25, -0.2) is 0 Å². The normalized spacial score (nSPS) is 14.1. The van der Waals surface area contributed by atoms with Crippen LogP contribution in [0.1, 0.15) is 57.7 Å². The summed E-state index contributed by atoms with van der Waals surface area (Å²) in [6.45, 7) is 10.3. The van der Waals surface area contributed by atoms with Gasteiger partial charge in [0.1, 0.15) is 0 Å². The zero-order chi connectivity index (χ0) is 15.1. The van der Waals surface area contributed by atoms with E-state index in [0.717, 1.165) is 12.8 Å². The molecule has 0 aromatic heterocycles. The largest absolute Gasteiger partial charge is 0.352 e. The lowest BCUT2D eigenvalue weighted by atomic mass is 10.0. The third-order valence-corrected chi connectivity index (χ3v) is 3.77. The summed E-state index contributed by atoms with van der Waals surface area (Å²) in [5.74, 6) is 0.0817. The van der Waals surface area contributed by atoms with Gasteiger partial charge in [0.15, 0.2) is 0 Å². The quantitative estimate of drug-likeness (QED) is 0.802. The summed E-state index contributed by atoms with van der Waals surface area (Å²) in [6, 6.07) is 8.64. The number of amides is 1. The molecule has 0 spiro atoms. The van der Waals surface area contributed by atoms with Crippen molar-refractivity contribution in [2.75, 3.05) is 0 Å². The molecule has 1 aromatic carbocycles. The molecule has 0 bridgehead atoms. The molecule has 0 radical (unpaired) electrons. The summed E-state index contributed by atoms with van der Waals surface area (Å²) in [7, 11) is 0. The van der Waals surface area contributed by atoms with Crippen molar-refractivity contribution < 1.29 is 4.79 Å². The third-order valence-electron chi connectivity index (χ3n) is 3.77. The highest BCUT2D eigenvalue weighted by Crippen LogP contribution is 2.14. The SMILES string of the molecule is CCC(CC)NC(=O)C(C)N[C@@H](C)c1cccc(C)c1. The third kappa shape index (κ3) is 4.97. The molecule has 1 aromatic rings. The van der Waals surface area contributed by atoms with E-state index in [9.17, 15) is 4.79 Å². The van der Waals surface area contributed by atoms with Gasteiger partial charge in [0.25, 0.3) is 0 Å². The van der Waals surface area contributed by atoms with Crippen molar-refractivity contribution in [1.29, 1.82) is 0 Å². The highest BCUT2D eigenvalue weighted by Gasteiger charge is 2.18. The molecule has 1 rings (SSSR count). The van der Waals surface area contributed by atoms with Gasteiger partial charge in [-0.15, -0.1) is 0 Å². The van der Waals surface area contributed by atoms with Crippen LogP contribution in [-0.2, 0) is 4.79 Å². The molecule has 0 saturated carbocycles. The second kappa shape index (κ2) is 8.05. The second-order valence-corrected chi connectivity index (χ2v) is 5.55. The van der Waals surface area contributed by atoms with E-state index < -0.39 is 0 Å². The Balaban J connectivity index is 2.56. The van der Waals surface area contributed by atoms with E-state index in [-0.39, 0.29) is 24.0 Å². The van der Waals surface area contributed by atoms with Gasteiger partial charge < -0.3 is 5.32 Å². The molecule has 0 heterocycles. The number of hydrogen-bond donors (Lipinski definition) is 2. The Morgan fingerprint density at radius 2 is 1.85 bits per heavy atom. The standard InChI is InChI=1S/C17H28N2O/c1-6-16(7-2)19-17(20)14(5)18-13(4)15-10-8-9-12(3)11-15/h8-11,13-14,16,18H,6-7H2,1-5H3,(H,19,20)/t13-,14?/m0/s1. The Bertz CT molecular complexity index is 427. The van der Waals surface area contributed by atoms with Crippen LogP contribution in [0, 0.1) is 6.92 Å². The minimum absolute atomic E-state index is 0.0817. The van der Waals surface area contributed by atoms with Crippen molar-refractivity contribution in [1.82, 2.24) is 10.6 Å². The fraction of sp³-hybridized carbons (Fsp3) is 0.588. The van der Waals surface area contributed by atoms with Gasteiger partial charge in [-0.3, -0.25) is 10.1 Å². The van der Waals surface area contributed by atoms with E-state index in [4.69, 9.17) is 0 Å². The molecule has 1 unspecified atom stereocenters. The zero-order valence-corrected chi connectivity index (χ0v) is 13.4. The van der Waals surface area contributed by atoms with Crippen LogP contribution in [-0.4, -0.2) is 18.0 Å². The average Bonchev–Trinajstić information content (AvgIpc) is 2.44. The molecule has 0 saturated heterocycles. The van der Waals surface area contributed by atoms with Crippen LogP contribution in [0.5, 0.6) is 0 Å². The topological polar surface area (TPSA) is 41.1 Å². The molecule has 20 heavy (non-hydrogen) atoms. The molecule has 0 aliphatic carbocycles. The minimum atomic E-state index is -0.189. The Morgan fingerprint density at radius 1 is 1.20 bits per heavy atom. The van der Waals surface area contributed by atoms with Gasteiger partial charge in [-0.05, 0) is 39.2 Å². The molecular weight excluding hydrogens is 248 g/mol. The molecule has 3 heteroatoms. The molecule has 1 amide bonds. The van der Waals surface area contributed by atoms with E-state index in [1.807, 2.05) is 6.92 Å². The van der Waals surface area contributed by atoms with Crippen LogP contribution in [0.3, 0.4) is 0 Å². The number of aryl methyl sites for hydroxylation is 1. The molecule has 0 aliphatic heterocycles. The van der Waals surface area contributed by atoms with E-state index in [2.05, 4.69) is 62.6 Å². The van der Waals surface area contributed by atoms with Gasteiger partial charge in [0.2, 0.25) is 5.91 Å². The summed E-state index contributed by atoms with van der Waals surface area (Å²) >= 11 is 0. The Labute approximate surface area is 123 Å². The van der Waals surface area contributed by atoms with Crippen molar-refractivity contribution in [3.05, 3.63) is 35.4 Å². The maximum Gasteiger partial charge on any atom is 0.237 e. The van der Waals surface area contributed by atoms with Crippen LogP contribution in [0.2, 0.25) is 0 Å². The fourth-order valence-electron chi connectivity index (χ4n) is 2.31. The summed E-state index contributed by atoms with van der Waals surface area (Å²) < 4.78 is 0. The minimum Gasteiger partial charge on any atom is -0.352 e. The monoisotopic (exact) mass is 276 g/mol. The van der Waals surface area contributed by atoms with Crippen LogP contribution >= 0.6 is 0 Å². The van der Waals surface area contributed by atoms with Crippen molar-refractivity contribution >= 4 is 5.91 Å². The summed E-state index contributed by atoms with van der Waals surface area (Å²) in [6.07, 6.45) is 1.95. The maximum atomic E-state index is 12.1. The number of nitrogens with one attached hydrogen (secondary N) is 2. The first-order chi connectivity index (χ1) is 9.47. The average molecular weight is 276 g/mol. The van der Waals surface area contributed by atoms with Gasteiger partial charge in [-0.2, -0.15) is 0 Å². The van der Waals surface area contributed by atoms with Gasteiger partial charge >= 0.3 is 0 Å². The molecule has 2 N–H and O–H groups in total. The maximum absolute atomic E-state index is 12.1. The summed E-state index contributed by atoms with van der Waals surface area (Å²) in [5, 5.41) is 6.45. The Kier molecular flexibility index (Phi) is 6.73. The first kappa shape index (κ1) is 16.7. The number of carbonyl (C=O) groups is 1. The second-order valence-electron chi connectivity index (χ2n) is 5.55. The van der Waals surface area contributed by atoms with Crippen LogP contribution in [0.25, 0.3) is 0 Å². The molecule has 2 atom stereocenters. The van der Waals surface area contributed by atoms with Gasteiger partial charge in [-0.1, -0.05) is 43.7 Å². The van der Waals surface area contributed by atoms with E-state index in [1.165, 1.54) is 11.1 Å². The molecule has 0 aliphatic rings. The molecule has 112 valence electrons. The number of rotatable bonds is 7. The van der Waals surface area contributed by atoms with E-state index >= 15 is 0 Å². The smallest absolute Gasteiger partial charge is 0.237 e.